The monoisotopic (exact) mass is 408 g/mol. The standard InChI is InChI=1S/C23H28N4OS/c1-5-19(6-2)24-21(28)15-29-23-26-25-22(18-10-8-7-9-11-18)27(23)20-13-12-16(3)17(4)14-20/h7-14,19H,5-6,15H2,1-4H3,(H,24,28). The molecule has 0 saturated heterocycles. The van der Waals surface area contributed by atoms with Crippen LogP contribution in [0.3, 0.4) is 0 Å². The van der Waals surface area contributed by atoms with Crippen LogP contribution >= 0.6 is 11.8 Å². The molecule has 6 heteroatoms. The molecule has 1 amide bonds. The largest absolute Gasteiger partial charge is 0.353 e. The first-order valence-corrected chi connectivity index (χ1v) is 11.0. The van der Waals surface area contributed by atoms with Gasteiger partial charge >= 0.3 is 0 Å². The number of amides is 1. The van der Waals surface area contributed by atoms with E-state index in [-0.39, 0.29) is 11.9 Å². The molecular formula is C23H28N4OS. The van der Waals surface area contributed by atoms with Crippen LogP contribution in [0.5, 0.6) is 0 Å². The van der Waals surface area contributed by atoms with Crippen molar-refractivity contribution in [2.75, 3.05) is 5.75 Å². The molecule has 0 spiro atoms. The summed E-state index contributed by atoms with van der Waals surface area (Å²) in [4.78, 5) is 12.4. The highest BCUT2D eigenvalue weighted by molar-refractivity contribution is 7.99. The molecular weight excluding hydrogens is 380 g/mol. The summed E-state index contributed by atoms with van der Waals surface area (Å²) in [6.45, 7) is 8.37. The zero-order chi connectivity index (χ0) is 20.8. The highest BCUT2D eigenvalue weighted by atomic mass is 32.2. The molecule has 2 aromatic carbocycles. The second-order valence-corrected chi connectivity index (χ2v) is 8.09. The number of aryl methyl sites for hydroxylation is 2. The lowest BCUT2D eigenvalue weighted by Crippen LogP contribution is -2.35. The van der Waals surface area contributed by atoms with E-state index < -0.39 is 0 Å². The van der Waals surface area contributed by atoms with Crippen LogP contribution in [0.2, 0.25) is 0 Å². The zero-order valence-corrected chi connectivity index (χ0v) is 18.3. The predicted octanol–water partition coefficient (Wildman–Crippen LogP) is 4.95. The fourth-order valence-electron chi connectivity index (χ4n) is 3.13. The van der Waals surface area contributed by atoms with Crippen LogP contribution in [0.15, 0.2) is 53.7 Å². The Hall–Kier alpha value is -2.60. The molecule has 0 aliphatic rings. The van der Waals surface area contributed by atoms with Crippen LogP contribution in [-0.4, -0.2) is 32.5 Å². The van der Waals surface area contributed by atoms with Crippen molar-refractivity contribution < 1.29 is 4.79 Å². The summed E-state index contributed by atoms with van der Waals surface area (Å²) in [7, 11) is 0. The van der Waals surface area contributed by atoms with Gasteiger partial charge in [-0.3, -0.25) is 9.36 Å². The van der Waals surface area contributed by atoms with Crippen LogP contribution in [-0.2, 0) is 4.79 Å². The minimum absolute atomic E-state index is 0.0274. The Bertz CT molecular complexity index is 964. The van der Waals surface area contributed by atoms with Gasteiger partial charge in [-0.1, -0.05) is 62.0 Å². The molecule has 0 unspecified atom stereocenters. The molecule has 1 aromatic heterocycles. The molecule has 29 heavy (non-hydrogen) atoms. The number of nitrogens with one attached hydrogen (secondary N) is 1. The van der Waals surface area contributed by atoms with Crippen LogP contribution in [0, 0.1) is 13.8 Å². The van der Waals surface area contributed by atoms with E-state index in [4.69, 9.17) is 0 Å². The minimum atomic E-state index is 0.0274. The molecule has 3 rings (SSSR count). The van der Waals surface area contributed by atoms with Gasteiger partial charge in [-0.05, 0) is 49.9 Å². The van der Waals surface area contributed by atoms with Gasteiger partial charge in [0.05, 0.1) is 11.4 Å². The summed E-state index contributed by atoms with van der Waals surface area (Å²) in [5.41, 5.74) is 4.44. The smallest absolute Gasteiger partial charge is 0.230 e. The molecule has 5 nitrogen and oxygen atoms in total. The fourth-order valence-corrected chi connectivity index (χ4v) is 3.89. The van der Waals surface area contributed by atoms with Gasteiger partial charge in [0.2, 0.25) is 5.91 Å². The number of hydrogen-bond acceptors (Lipinski definition) is 4. The third kappa shape index (κ3) is 5.07. The third-order valence-corrected chi connectivity index (χ3v) is 6.03. The van der Waals surface area contributed by atoms with Crippen LogP contribution in [0.4, 0.5) is 0 Å². The number of nitrogens with zero attached hydrogens (tertiary/aromatic N) is 3. The lowest BCUT2D eigenvalue weighted by molar-refractivity contribution is -0.119. The van der Waals surface area contributed by atoms with Gasteiger partial charge in [-0.25, -0.2) is 0 Å². The molecule has 0 fully saturated rings. The normalized spacial score (nSPS) is 11.1. The van der Waals surface area contributed by atoms with E-state index in [9.17, 15) is 4.79 Å². The van der Waals surface area contributed by atoms with Crippen molar-refractivity contribution in [2.24, 2.45) is 0 Å². The molecule has 0 atom stereocenters. The van der Waals surface area contributed by atoms with Crippen LogP contribution in [0.25, 0.3) is 17.1 Å². The first kappa shape index (κ1) is 21.1. The zero-order valence-electron chi connectivity index (χ0n) is 17.5. The third-order valence-electron chi connectivity index (χ3n) is 5.10. The maximum Gasteiger partial charge on any atom is 0.230 e. The summed E-state index contributed by atoms with van der Waals surface area (Å²) in [5.74, 6) is 1.12. The van der Waals surface area contributed by atoms with E-state index in [0.717, 1.165) is 29.9 Å². The number of benzene rings is 2. The van der Waals surface area contributed by atoms with Crippen molar-refractivity contribution in [3.8, 4) is 17.1 Å². The average Bonchev–Trinajstić information content (AvgIpc) is 3.17. The number of aromatic nitrogens is 3. The van der Waals surface area contributed by atoms with Gasteiger partial charge in [0.25, 0.3) is 0 Å². The van der Waals surface area contributed by atoms with Gasteiger partial charge in [0, 0.05) is 11.6 Å². The second-order valence-electron chi connectivity index (χ2n) is 7.15. The highest BCUT2D eigenvalue weighted by Gasteiger charge is 2.18. The predicted molar refractivity (Wildman–Crippen MR) is 120 cm³/mol. The van der Waals surface area contributed by atoms with E-state index in [0.29, 0.717) is 10.9 Å². The minimum Gasteiger partial charge on any atom is -0.353 e. The van der Waals surface area contributed by atoms with Crippen molar-refractivity contribution in [3.05, 3.63) is 59.7 Å². The van der Waals surface area contributed by atoms with Crippen molar-refractivity contribution in [2.45, 2.75) is 51.7 Å². The topological polar surface area (TPSA) is 59.8 Å². The molecule has 0 radical (unpaired) electrons. The Morgan fingerprint density at radius 2 is 1.76 bits per heavy atom. The Morgan fingerprint density at radius 3 is 2.41 bits per heavy atom. The molecule has 1 heterocycles. The summed E-state index contributed by atoms with van der Waals surface area (Å²) < 4.78 is 2.04. The molecule has 0 aliphatic heterocycles. The maximum absolute atomic E-state index is 12.4. The number of carbonyl (C=O) groups is 1. The lowest BCUT2D eigenvalue weighted by atomic mass is 10.1. The Kier molecular flexibility index (Phi) is 7.09. The molecule has 0 saturated carbocycles. The molecule has 0 bridgehead atoms. The Labute approximate surface area is 176 Å². The van der Waals surface area contributed by atoms with Crippen molar-refractivity contribution in [1.29, 1.82) is 0 Å². The van der Waals surface area contributed by atoms with Crippen LogP contribution in [0.1, 0.15) is 37.8 Å². The van der Waals surface area contributed by atoms with E-state index in [2.05, 4.69) is 61.4 Å². The molecule has 0 aliphatic carbocycles. The van der Waals surface area contributed by atoms with Crippen molar-refractivity contribution in [3.63, 3.8) is 0 Å². The molecule has 1 N–H and O–H groups in total. The van der Waals surface area contributed by atoms with Gasteiger partial charge < -0.3 is 5.32 Å². The molecule has 3 aromatic rings. The first-order valence-electron chi connectivity index (χ1n) is 10.0. The average molecular weight is 409 g/mol. The van der Waals surface area contributed by atoms with E-state index in [1.165, 1.54) is 22.9 Å². The van der Waals surface area contributed by atoms with E-state index in [1.807, 2.05) is 34.9 Å². The van der Waals surface area contributed by atoms with Crippen molar-refractivity contribution in [1.82, 2.24) is 20.1 Å². The summed E-state index contributed by atoms with van der Waals surface area (Å²) in [5, 5.41) is 12.7. The van der Waals surface area contributed by atoms with Crippen LogP contribution < -0.4 is 5.32 Å². The Morgan fingerprint density at radius 1 is 1.03 bits per heavy atom. The van der Waals surface area contributed by atoms with Crippen molar-refractivity contribution >= 4 is 17.7 Å². The first-order chi connectivity index (χ1) is 14.0. The van der Waals surface area contributed by atoms with Gasteiger partial charge in [0.15, 0.2) is 11.0 Å². The van der Waals surface area contributed by atoms with Gasteiger partial charge in [0.1, 0.15) is 0 Å². The summed E-state index contributed by atoms with van der Waals surface area (Å²) >= 11 is 1.42. The van der Waals surface area contributed by atoms with E-state index in [1.54, 1.807) is 0 Å². The number of hydrogen-bond donors (Lipinski definition) is 1. The van der Waals surface area contributed by atoms with Gasteiger partial charge in [-0.2, -0.15) is 0 Å². The Balaban J connectivity index is 1.92. The van der Waals surface area contributed by atoms with Gasteiger partial charge in [-0.15, -0.1) is 10.2 Å². The number of carbonyl (C=O) groups excluding carboxylic acids is 1. The quantitative estimate of drug-likeness (QED) is 0.536. The van der Waals surface area contributed by atoms with E-state index >= 15 is 0 Å². The summed E-state index contributed by atoms with van der Waals surface area (Å²) in [6, 6.07) is 16.6. The SMILES string of the molecule is CCC(CC)NC(=O)CSc1nnc(-c2ccccc2)n1-c1ccc(C)c(C)c1. The summed E-state index contributed by atoms with van der Waals surface area (Å²) in [6.07, 6.45) is 1.87. The lowest BCUT2D eigenvalue weighted by Gasteiger charge is -2.15. The highest BCUT2D eigenvalue weighted by Crippen LogP contribution is 2.28. The molecule has 152 valence electrons. The number of thioether (sulfide) groups is 1. The number of rotatable bonds is 8. The fraction of sp³-hybridized carbons (Fsp3) is 0.348. The maximum atomic E-state index is 12.4. The second kappa shape index (κ2) is 9.74.